The highest BCUT2D eigenvalue weighted by atomic mass is 32.1. The summed E-state index contributed by atoms with van der Waals surface area (Å²) in [5.41, 5.74) is 2.33. The van der Waals surface area contributed by atoms with Gasteiger partial charge >= 0.3 is 0 Å². The van der Waals surface area contributed by atoms with Gasteiger partial charge in [0.1, 0.15) is 28.9 Å². The Morgan fingerprint density at radius 2 is 1.86 bits per heavy atom. The van der Waals surface area contributed by atoms with Gasteiger partial charge in [-0.15, -0.1) is 22.7 Å². The molecule has 0 saturated heterocycles. The smallest absolute Gasteiger partial charge is 0.271 e. The third-order valence-corrected chi connectivity index (χ3v) is 6.45. The summed E-state index contributed by atoms with van der Waals surface area (Å²) in [4.78, 5) is 21.9. The Labute approximate surface area is 177 Å². The molecular weight excluding hydrogens is 406 g/mol. The number of benzene rings is 1. The first-order chi connectivity index (χ1) is 13.8. The molecule has 1 amide bonds. The van der Waals surface area contributed by atoms with E-state index in [2.05, 4.69) is 41.4 Å². The zero-order valence-electron chi connectivity index (χ0n) is 16.8. The second-order valence-electron chi connectivity index (χ2n) is 7.91. The van der Waals surface area contributed by atoms with E-state index in [0.29, 0.717) is 24.7 Å². The number of aromatic nitrogens is 2. The van der Waals surface area contributed by atoms with Gasteiger partial charge in [0, 0.05) is 21.7 Å². The Kier molecular flexibility index (Phi) is 5.31. The van der Waals surface area contributed by atoms with Gasteiger partial charge in [-0.2, -0.15) is 0 Å². The number of hydrogen-bond donors (Lipinski definition) is 1. The number of carbonyl (C=O) groups is 1. The second-order valence-corrected chi connectivity index (χ2v) is 9.66. The van der Waals surface area contributed by atoms with Crippen LogP contribution in [0.15, 0.2) is 29.0 Å². The Morgan fingerprint density at radius 1 is 1.10 bits per heavy atom. The van der Waals surface area contributed by atoms with Crippen LogP contribution in [-0.2, 0) is 5.41 Å². The lowest BCUT2D eigenvalue weighted by molar-refractivity contribution is 0.0935. The molecule has 0 fully saturated rings. The van der Waals surface area contributed by atoms with Crippen LogP contribution >= 0.6 is 22.7 Å². The Balaban J connectivity index is 1.46. The molecule has 3 aromatic rings. The van der Waals surface area contributed by atoms with Crippen LogP contribution in [0.4, 0.5) is 0 Å². The summed E-state index contributed by atoms with van der Waals surface area (Å²) in [6.07, 6.45) is 0. The maximum Gasteiger partial charge on any atom is 0.271 e. The normalized spacial score (nSPS) is 14.5. The molecular formula is C21H23N3O3S2. The molecule has 1 atom stereocenters. The Hall–Kier alpha value is -2.45. The predicted molar refractivity (Wildman–Crippen MR) is 115 cm³/mol. The maximum absolute atomic E-state index is 12.7. The maximum atomic E-state index is 12.7. The number of nitrogens with one attached hydrogen (secondary N) is 1. The van der Waals surface area contributed by atoms with Crippen molar-refractivity contribution in [2.24, 2.45) is 0 Å². The zero-order chi connectivity index (χ0) is 20.6. The molecule has 0 aliphatic carbocycles. The van der Waals surface area contributed by atoms with Gasteiger partial charge in [-0.3, -0.25) is 4.79 Å². The molecule has 2 aromatic heterocycles. The molecule has 3 heterocycles. The molecule has 0 unspecified atom stereocenters. The summed E-state index contributed by atoms with van der Waals surface area (Å²) in [7, 11) is 0. The van der Waals surface area contributed by atoms with Crippen molar-refractivity contribution in [3.05, 3.63) is 45.4 Å². The molecule has 8 heteroatoms. The number of carbonyl (C=O) groups excluding carboxylic acids is 1. The molecule has 1 N–H and O–H groups in total. The topological polar surface area (TPSA) is 73.3 Å². The summed E-state index contributed by atoms with van der Waals surface area (Å²) in [5.74, 6) is 1.24. The molecule has 1 aliphatic rings. The number of nitrogens with zero attached hydrogens (tertiary/aromatic N) is 2. The SMILES string of the molecule is C[C@H](NC(=O)c1csc(-c2ccc3c(c2)OCCO3)n1)c1nc(C(C)(C)C)cs1. The van der Waals surface area contributed by atoms with Crippen molar-refractivity contribution in [1.29, 1.82) is 0 Å². The summed E-state index contributed by atoms with van der Waals surface area (Å²) < 4.78 is 11.2. The number of ether oxygens (including phenoxy) is 2. The fourth-order valence-corrected chi connectivity index (χ4v) is 4.70. The first-order valence-corrected chi connectivity index (χ1v) is 11.2. The summed E-state index contributed by atoms with van der Waals surface area (Å²) in [6.45, 7) is 9.42. The van der Waals surface area contributed by atoms with Gasteiger partial charge in [-0.1, -0.05) is 20.8 Å². The zero-order valence-corrected chi connectivity index (χ0v) is 18.4. The van der Waals surface area contributed by atoms with E-state index in [1.54, 1.807) is 16.7 Å². The molecule has 0 saturated carbocycles. The second kappa shape index (κ2) is 7.76. The standard InChI is InChI=1S/C21H23N3O3S2/c1-12(19-24-17(11-29-19)21(2,3)4)22-18(25)14-10-28-20(23-14)13-5-6-15-16(9-13)27-8-7-26-15/h5-6,9-12H,7-8H2,1-4H3,(H,22,25)/t12-/m0/s1. The molecule has 152 valence electrons. The highest BCUT2D eigenvalue weighted by Gasteiger charge is 2.22. The Morgan fingerprint density at radius 3 is 2.59 bits per heavy atom. The van der Waals surface area contributed by atoms with Crippen molar-refractivity contribution >= 4 is 28.6 Å². The van der Waals surface area contributed by atoms with E-state index in [1.165, 1.54) is 11.3 Å². The quantitative estimate of drug-likeness (QED) is 0.643. The van der Waals surface area contributed by atoms with E-state index in [-0.39, 0.29) is 17.4 Å². The molecule has 29 heavy (non-hydrogen) atoms. The van der Waals surface area contributed by atoms with Crippen LogP contribution in [0.25, 0.3) is 10.6 Å². The van der Waals surface area contributed by atoms with Crippen molar-refractivity contribution in [3.63, 3.8) is 0 Å². The number of thiazole rings is 2. The van der Waals surface area contributed by atoms with Gasteiger partial charge in [-0.25, -0.2) is 9.97 Å². The molecule has 0 spiro atoms. The molecule has 6 nitrogen and oxygen atoms in total. The number of hydrogen-bond acceptors (Lipinski definition) is 7. The minimum absolute atomic E-state index is 0.00801. The van der Waals surface area contributed by atoms with E-state index >= 15 is 0 Å². The van der Waals surface area contributed by atoms with E-state index in [1.807, 2.05) is 25.1 Å². The van der Waals surface area contributed by atoms with Gasteiger partial charge in [0.15, 0.2) is 11.5 Å². The molecule has 0 bridgehead atoms. The van der Waals surface area contributed by atoms with Crippen molar-refractivity contribution in [2.75, 3.05) is 13.2 Å². The average molecular weight is 430 g/mol. The molecule has 1 aromatic carbocycles. The van der Waals surface area contributed by atoms with Crippen molar-refractivity contribution in [2.45, 2.75) is 39.2 Å². The number of rotatable bonds is 4. The summed E-state index contributed by atoms with van der Waals surface area (Å²) in [6, 6.07) is 5.53. The fourth-order valence-electron chi connectivity index (χ4n) is 2.85. The lowest BCUT2D eigenvalue weighted by atomic mass is 9.93. The first kappa shape index (κ1) is 19.8. The van der Waals surface area contributed by atoms with Crippen molar-refractivity contribution < 1.29 is 14.3 Å². The van der Waals surface area contributed by atoms with E-state index in [9.17, 15) is 4.79 Å². The fraction of sp³-hybridized carbons (Fsp3) is 0.381. The Bertz CT molecular complexity index is 1040. The molecule has 0 radical (unpaired) electrons. The monoisotopic (exact) mass is 429 g/mol. The first-order valence-electron chi connectivity index (χ1n) is 9.43. The largest absolute Gasteiger partial charge is 0.486 e. The minimum atomic E-state index is -0.204. The van der Waals surface area contributed by atoms with Gasteiger partial charge < -0.3 is 14.8 Å². The van der Waals surface area contributed by atoms with Crippen molar-refractivity contribution in [1.82, 2.24) is 15.3 Å². The lowest BCUT2D eigenvalue weighted by Gasteiger charge is -2.18. The highest BCUT2D eigenvalue weighted by Crippen LogP contribution is 2.35. The van der Waals surface area contributed by atoms with Gasteiger partial charge in [-0.05, 0) is 25.1 Å². The van der Waals surface area contributed by atoms with Gasteiger partial charge in [0.05, 0.1) is 11.7 Å². The van der Waals surface area contributed by atoms with Crippen LogP contribution in [0.5, 0.6) is 11.5 Å². The van der Waals surface area contributed by atoms with Crippen LogP contribution in [0.3, 0.4) is 0 Å². The van der Waals surface area contributed by atoms with E-state index < -0.39 is 0 Å². The van der Waals surface area contributed by atoms with E-state index in [4.69, 9.17) is 9.47 Å². The third-order valence-electron chi connectivity index (χ3n) is 4.53. The number of amides is 1. The summed E-state index contributed by atoms with van der Waals surface area (Å²) >= 11 is 3.00. The predicted octanol–water partition coefficient (Wildman–Crippen LogP) is 4.83. The lowest BCUT2D eigenvalue weighted by Crippen LogP contribution is -2.27. The highest BCUT2D eigenvalue weighted by molar-refractivity contribution is 7.13. The molecule has 4 rings (SSSR count). The van der Waals surface area contributed by atoms with Crippen LogP contribution in [0, 0.1) is 0 Å². The van der Waals surface area contributed by atoms with Crippen LogP contribution in [-0.4, -0.2) is 29.1 Å². The minimum Gasteiger partial charge on any atom is -0.486 e. The van der Waals surface area contributed by atoms with Gasteiger partial charge in [0.25, 0.3) is 5.91 Å². The van der Waals surface area contributed by atoms with Crippen LogP contribution < -0.4 is 14.8 Å². The third kappa shape index (κ3) is 4.28. The van der Waals surface area contributed by atoms with Gasteiger partial charge in [0.2, 0.25) is 0 Å². The van der Waals surface area contributed by atoms with E-state index in [0.717, 1.165) is 27.0 Å². The number of fused-ring (bicyclic) bond motifs is 1. The van der Waals surface area contributed by atoms with Crippen molar-refractivity contribution in [3.8, 4) is 22.1 Å². The molecule has 1 aliphatic heterocycles. The van der Waals surface area contributed by atoms with Crippen LogP contribution in [0.2, 0.25) is 0 Å². The average Bonchev–Trinajstić information content (AvgIpc) is 3.37. The van der Waals surface area contributed by atoms with Crippen LogP contribution in [0.1, 0.15) is 54.9 Å². The summed E-state index contributed by atoms with van der Waals surface area (Å²) in [5, 5.41) is 8.49.